The number of esters is 1. The molecule has 0 radical (unpaired) electrons. The minimum absolute atomic E-state index is 0.130. The van der Waals surface area contributed by atoms with E-state index in [1.165, 1.54) is 12.1 Å². The van der Waals surface area contributed by atoms with Crippen LogP contribution in [-0.4, -0.2) is 30.0 Å². The number of hydrogen-bond donors (Lipinski definition) is 0. The van der Waals surface area contributed by atoms with Crippen molar-refractivity contribution in [3.8, 4) is 11.5 Å². The summed E-state index contributed by atoms with van der Waals surface area (Å²) in [6.07, 6.45) is 0.135. The molecule has 6 nitrogen and oxygen atoms in total. The van der Waals surface area contributed by atoms with E-state index in [4.69, 9.17) is 9.15 Å². The highest BCUT2D eigenvalue weighted by Gasteiger charge is 2.36. The number of fused-ring (bicyclic) bond motifs is 1. The van der Waals surface area contributed by atoms with Crippen molar-refractivity contribution in [3.05, 3.63) is 48.3 Å². The monoisotopic (exact) mass is 368 g/mol. The fraction of sp³-hybridized carbons (Fsp3) is 0.250. The van der Waals surface area contributed by atoms with Crippen molar-refractivity contribution in [1.82, 2.24) is 4.98 Å². The summed E-state index contributed by atoms with van der Waals surface area (Å²) in [5, 5.41) is 0. The minimum atomic E-state index is -0.458. The van der Waals surface area contributed by atoms with Crippen LogP contribution in [0.4, 0.5) is 10.1 Å². The summed E-state index contributed by atoms with van der Waals surface area (Å²) in [6, 6.07) is 11.1. The third kappa shape index (κ3) is 3.28. The number of ether oxygens (including phenoxy) is 1. The van der Waals surface area contributed by atoms with Crippen LogP contribution in [-0.2, 0) is 14.3 Å². The van der Waals surface area contributed by atoms with Crippen molar-refractivity contribution < 1.29 is 23.1 Å². The lowest BCUT2D eigenvalue weighted by molar-refractivity contribution is -0.147. The van der Waals surface area contributed by atoms with Crippen LogP contribution in [0.3, 0.4) is 0 Å². The van der Waals surface area contributed by atoms with Crippen LogP contribution in [0.2, 0.25) is 0 Å². The summed E-state index contributed by atoms with van der Waals surface area (Å²) in [5.74, 6) is -0.899. The van der Waals surface area contributed by atoms with Crippen molar-refractivity contribution in [2.75, 3.05) is 18.1 Å². The molecule has 1 saturated heterocycles. The van der Waals surface area contributed by atoms with Gasteiger partial charge in [0.15, 0.2) is 5.58 Å². The molecule has 138 valence electrons. The number of carbonyl (C=O) groups is 2. The number of hydrogen-bond acceptors (Lipinski definition) is 5. The Balaban J connectivity index is 1.61. The first-order valence-electron chi connectivity index (χ1n) is 8.68. The third-order valence-corrected chi connectivity index (χ3v) is 4.52. The molecule has 7 heteroatoms. The molecule has 1 aromatic heterocycles. The summed E-state index contributed by atoms with van der Waals surface area (Å²) in [6.45, 7) is 2.32. The molecule has 4 rings (SSSR count). The average molecular weight is 368 g/mol. The smallest absolute Gasteiger partial charge is 0.311 e. The van der Waals surface area contributed by atoms with E-state index in [-0.39, 0.29) is 30.7 Å². The molecule has 0 aliphatic carbocycles. The number of carbonyl (C=O) groups excluding carboxylic acids is 2. The van der Waals surface area contributed by atoms with E-state index in [2.05, 4.69) is 4.98 Å². The number of benzene rings is 2. The molecule has 27 heavy (non-hydrogen) atoms. The van der Waals surface area contributed by atoms with Crippen molar-refractivity contribution in [2.45, 2.75) is 13.3 Å². The van der Waals surface area contributed by atoms with Gasteiger partial charge >= 0.3 is 5.97 Å². The van der Waals surface area contributed by atoms with Gasteiger partial charge in [-0.15, -0.1) is 0 Å². The maximum Gasteiger partial charge on any atom is 0.311 e. The highest BCUT2D eigenvalue weighted by atomic mass is 19.1. The molecular weight excluding hydrogens is 351 g/mol. The van der Waals surface area contributed by atoms with Gasteiger partial charge in [-0.3, -0.25) is 9.59 Å². The topological polar surface area (TPSA) is 72.6 Å². The summed E-state index contributed by atoms with van der Waals surface area (Å²) in [7, 11) is 0. The van der Waals surface area contributed by atoms with E-state index >= 15 is 0 Å². The molecule has 2 heterocycles. The molecule has 1 amide bonds. The van der Waals surface area contributed by atoms with E-state index in [1.54, 1.807) is 42.2 Å². The van der Waals surface area contributed by atoms with Crippen molar-refractivity contribution in [1.29, 1.82) is 0 Å². The van der Waals surface area contributed by atoms with Gasteiger partial charge in [-0.1, -0.05) is 0 Å². The molecule has 0 saturated carbocycles. The van der Waals surface area contributed by atoms with E-state index in [0.29, 0.717) is 34.8 Å². The molecule has 1 fully saturated rings. The molecule has 1 aliphatic rings. The van der Waals surface area contributed by atoms with Crippen LogP contribution < -0.4 is 4.90 Å². The lowest BCUT2D eigenvalue weighted by Gasteiger charge is -2.16. The normalized spacial score (nSPS) is 16.9. The van der Waals surface area contributed by atoms with Crippen LogP contribution in [0.5, 0.6) is 0 Å². The van der Waals surface area contributed by atoms with Crippen molar-refractivity contribution in [2.24, 2.45) is 5.92 Å². The molecule has 2 aromatic carbocycles. The van der Waals surface area contributed by atoms with Crippen LogP contribution in [0, 0.1) is 11.7 Å². The Bertz CT molecular complexity index is 1010. The van der Waals surface area contributed by atoms with Gasteiger partial charge in [0.05, 0.1) is 12.5 Å². The van der Waals surface area contributed by atoms with Gasteiger partial charge in [-0.05, 0) is 49.4 Å². The molecule has 1 aliphatic heterocycles. The maximum atomic E-state index is 13.1. The van der Waals surface area contributed by atoms with Crippen molar-refractivity contribution in [3.63, 3.8) is 0 Å². The summed E-state index contributed by atoms with van der Waals surface area (Å²) < 4.78 is 23.8. The van der Waals surface area contributed by atoms with Gasteiger partial charge in [0.25, 0.3) is 0 Å². The van der Waals surface area contributed by atoms with Gasteiger partial charge in [0.1, 0.15) is 11.3 Å². The molecular formula is C20H17FN2O4. The predicted molar refractivity (Wildman–Crippen MR) is 96.5 cm³/mol. The third-order valence-electron chi connectivity index (χ3n) is 4.52. The Hall–Kier alpha value is -3.22. The Morgan fingerprint density at radius 1 is 1.30 bits per heavy atom. The second-order valence-electron chi connectivity index (χ2n) is 6.34. The first kappa shape index (κ1) is 17.2. The van der Waals surface area contributed by atoms with E-state index < -0.39 is 5.92 Å². The first-order valence-corrected chi connectivity index (χ1v) is 8.68. The number of amides is 1. The van der Waals surface area contributed by atoms with Crippen LogP contribution in [0.15, 0.2) is 46.9 Å². The van der Waals surface area contributed by atoms with E-state index in [0.717, 1.165) is 0 Å². The molecule has 0 unspecified atom stereocenters. The van der Waals surface area contributed by atoms with Crippen LogP contribution >= 0.6 is 0 Å². The number of anilines is 1. The predicted octanol–water partition coefficient (Wildman–Crippen LogP) is 3.55. The highest BCUT2D eigenvalue weighted by molar-refractivity contribution is 6.00. The number of rotatable bonds is 4. The quantitative estimate of drug-likeness (QED) is 0.659. The Labute approximate surface area is 154 Å². The van der Waals surface area contributed by atoms with Gasteiger partial charge in [0.2, 0.25) is 11.8 Å². The number of aromatic nitrogens is 1. The van der Waals surface area contributed by atoms with Crippen LogP contribution in [0.1, 0.15) is 13.3 Å². The zero-order valence-electron chi connectivity index (χ0n) is 14.6. The largest absolute Gasteiger partial charge is 0.466 e. The zero-order chi connectivity index (χ0) is 19.0. The summed E-state index contributed by atoms with van der Waals surface area (Å²) >= 11 is 0. The molecule has 0 N–H and O–H groups in total. The number of halogens is 1. The molecule has 0 spiro atoms. The van der Waals surface area contributed by atoms with Gasteiger partial charge < -0.3 is 14.1 Å². The van der Waals surface area contributed by atoms with Crippen LogP contribution in [0.25, 0.3) is 22.6 Å². The van der Waals surface area contributed by atoms with E-state index in [9.17, 15) is 14.0 Å². The lowest BCUT2D eigenvalue weighted by Crippen LogP contribution is -2.26. The SMILES string of the molecule is CCOC(=O)[C@@H]1CC(=O)N(c2ccc3oc(-c4ccc(F)cc4)nc3c2)C1. The fourth-order valence-corrected chi connectivity index (χ4v) is 3.17. The minimum Gasteiger partial charge on any atom is -0.466 e. The van der Waals surface area contributed by atoms with Gasteiger partial charge in [-0.2, -0.15) is 0 Å². The molecule has 1 atom stereocenters. The maximum absolute atomic E-state index is 13.1. The number of nitrogens with zero attached hydrogens (tertiary/aromatic N) is 2. The number of oxazole rings is 1. The average Bonchev–Trinajstić information content (AvgIpc) is 3.25. The van der Waals surface area contributed by atoms with Crippen molar-refractivity contribution >= 4 is 28.7 Å². The Kier molecular flexibility index (Phi) is 4.35. The second kappa shape index (κ2) is 6.83. The highest BCUT2D eigenvalue weighted by Crippen LogP contribution is 2.31. The van der Waals surface area contributed by atoms with Gasteiger partial charge in [-0.25, -0.2) is 9.37 Å². The standard InChI is InChI=1S/C20H17FN2O4/c1-2-26-20(25)13-9-18(24)23(11-13)15-7-8-17-16(10-15)22-19(27-17)12-3-5-14(21)6-4-12/h3-8,10,13H,2,9,11H2,1H3/t13-/m1/s1. The summed E-state index contributed by atoms with van der Waals surface area (Å²) in [5.41, 5.74) is 2.46. The van der Waals surface area contributed by atoms with E-state index in [1.807, 2.05) is 0 Å². The Morgan fingerprint density at radius 2 is 2.07 bits per heavy atom. The second-order valence-corrected chi connectivity index (χ2v) is 6.34. The summed E-state index contributed by atoms with van der Waals surface area (Å²) in [4.78, 5) is 30.2. The Morgan fingerprint density at radius 3 is 2.81 bits per heavy atom. The first-order chi connectivity index (χ1) is 13.0. The lowest BCUT2D eigenvalue weighted by atomic mass is 10.1. The fourth-order valence-electron chi connectivity index (χ4n) is 3.17. The zero-order valence-corrected chi connectivity index (χ0v) is 14.6. The van der Waals surface area contributed by atoms with Gasteiger partial charge in [0, 0.05) is 24.2 Å². The molecule has 0 bridgehead atoms. The molecule has 3 aromatic rings.